The van der Waals surface area contributed by atoms with E-state index in [0.29, 0.717) is 30.9 Å². The first kappa shape index (κ1) is 15.2. The summed E-state index contributed by atoms with van der Waals surface area (Å²) in [7, 11) is 1.61. The Labute approximate surface area is 133 Å². The number of para-hydroxylation sites is 2. The minimum atomic E-state index is -0.179. The number of nitrogens with zero attached hydrogens (tertiary/aromatic N) is 3. The van der Waals surface area contributed by atoms with Crippen LogP contribution in [-0.4, -0.2) is 41.0 Å². The summed E-state index contributed by atoms with van der Waals surface area (Å²) in [5.41, 5.74) is 2.71. The SMILES string of the molecule is COCCN(Cc1ccoc1)C(=O)c1cnc2ccccc2n1. The highest BCUT2D eigenvalue weighted by Crippen LogP contribution is 2.12. The van der Waals surface area contributed by atoms with E-state index in [-0.39, 0.29) is 5.91 Å². The number of rotatable bonds is 6. The number of aromatic nitrogens is 2. The van der Waals surface area contributed by atoms with Gasteiger partial charge in [0, 0.05) is 25.8 Å². The normalized spacial score (nSPS) is 10.8. The van der Waals surface area contributed by atoms with E-state index in [0.717, 1.165) is 11.1 Å². The molecule has 2 aromatic heterocycles. The molecule has 0 saturated heterocycles. The van der Waals surface area contributed by atoms with Crippen LogP contribution in [0.2, 0.25) is 0 Å². The number of carbonyl (C=O) groups is 1. The third-order valence-corrected chi connectivity index (χ3v) is 3.47. The van der Waals surface area contributed by atoms with Gasteiger partial charge in [-0.3, -0.25) is 9.78 Å². The number of fused-ring (bicyclic) bond motifs is 1. The molecule has 0 spiro atoms. The number of furan rings is 1. The zero-order chi connectivity index (χ0) is 16.1. The molecule has 0 unspecified atom stereocenters. The molecular weight excluding hydrogens is 294 g/mol. The maximum absolute atomic E-state index is 12.8. The Morgan fingerprint density at radius 3 is 2.83 bits per heavy atom. The second kappa shape index (κ2) is 7.02. The first-order valence-electron chi connectivity index (χ1n) is 7.29. The van der Waals surface area contributed by atoms with Gasteiger partial charge in [0.05, 0.1) is 36.4 Å². The Morgan fingerprint density at radius 1 is 1.26 bits per heavy atom. The van der Waals surface area contributed by atoms with Crippen molar-refractivity contribution in [1.82, 2.24) is 14.9 Å². The van der Waals surface area contributed by atoms with Crippen molar-refractivity contribution in [2.45, 2.75) is 6.54 Å². The minimum Gasteiger partial charge on any atom is -0.472 e. The van der Waals surface area contributed by atoms with Crippen molar-refractivity contribution in [2.75, 3.05) is 20.3 Å². The van der Waals surface area contributed by atoms with E-state index < -0.39 is 0 Å². The monoisotopic (exact) mass is 311 g/mol. The molecule has 0 aliphatic carbocycles. The maximum Gasteiger partial charge on any atom is 0.274 e. The van der Waals surface area contributed by atoms with E-state index in [9.17, 15) is 4.79 Å². The number of hydrogen-bond acceptors (Lipinski definition) is 5. The van der Waals surface area contributed by atoms with Gasteiger partial charge in [0.15, 0.2) is 0 Å². The molecule has 118 valence electrons. The average molecular weight is 311 g/mol. The Hall–Kier alpha value is -2.73. The lowest BCUT2D eigenvalue weighted by Crippen LogP contribution is -2.34. The number of amides is 1. The lowest BCUT2D eigenvalue weighted by Gasteiger charge is -2.21. The highest BCUT2D eigenvalue weighted by molar-refractivity contribution is 5.93. The Kier molecular flexibility index (Phi) is 4.63. The van der Waals surface area contributed by atoms with E-state index in [1.807, 2.05) is 30.3 Å². The van der Waals surface area contributed by atoms with Crippen LogP contribution in [0.4, 0.5) is 0 Å². The quantitative estimate of drug-likeness (QED) is 0.699. The van der Waals surface area contributed by atoms with Crippen molar-refractivity contribution in [1.29, 1.82) is 0 Å². The van der Waals surface area contributed by atoms with Gasteiger partial charge >= 0.3 is 0 Å². The summed E-state index contributed by atoms with van der Waals surface area (Å²) in [6.07, 6.45) is 4.73. The standard InChI is InChI=1S/C17H17N3O3/c1-22-9-7-20(11-13-6-8-23-12-13)17(21)16-10-18-14-4-2-3-5-15(14)19-16/h2-6,8,10,12H,7,9,11H2,1H3. The molecule has 6 heteroatoms. The van der Waals surface area contributed by atoms with Crippen LogP contribution in [0.15, 0.2) is 53.5 Å². The van der Waals surface area contributed by atoms with Gasteiger partial charge in [-0.15, -0.1) is 0 Å². The molecule has 0 atom stereocenters. The van der Waals surface area contributed by atoms with Gasteiger partial charge in [-0.1, -0.05) is 12.1 Å². The number of ether oxygens (including phenoxy) is 1. The molecule has 6 nitrogen and oxygen atoms in total. The fraction of sp³-hybridized carbons (Fsp3) is 0.235. The molecule has 23 heavy (non-hydrogen) atoms. The summed E-state index contributed by atoms with van der Waals surface area (Å²) in [5.74, 6) is -0.179. The minimum absolute atomic E-state index is 0.179. The van der Waals surface area contributed by atoms with Crippen LogP contribution in [0.1, 0.15) is 16.1 Å². The number of methoxy groups -OCH3 is 1. The first-order chi connectivity index (χ1) is 11.3. The summed E-state index contributed by atoms with van der Waals surface area (Å²) >= 11 is 0. The molecule has 0 saturated carbocycles. The van der Waals surface area contributed by atoms with Gasteiger partial charge < -0.3 is 14.1 Å². The fourth-order valence-corrected chi connectivity index (χ4v) is 2.28. The molecule has 0 N–H and O–H groups in total. The van der Waals surface area contributed by atoms with Crippen LogP contribution in [-0.2, 0) is 11.3 Å². The largest absolute Gasteiger partial charge is 0.472 e. The second-order valence-corrected chi connectivity index (χ2v) is 5.10. The van der Waals surface area contributed by atoms with Crippen molar-refractivity contribution in [3.05, 3.63) is 60.3 Å². The van der Waals surface area contributed by atoms with Crippen molar-refractivity contribution in [2.24, 2.45) is 0 Å². The first-order valence-corrected chi connectivity index (χ1v) is 7.29. The predicted molar refractivity (Wildman–Crippen MR) is 84.9 cm³/mol. The van der Waals surface area contributed by atoms with E-state index in [2.05, 4.69) is 9.97 Å². The summed E-state index contributed by atoms with van der Waals surface area (Å²) in [5, 5.41) is 0. The van der Waals surface area contributed by atoms with Crippen molar-refractivity contribution in [3.63, 3.8) is 0 Å². The molecule has 0 fully saturated rings. The van der Waals surface area contributed by atoms with Gasteiger partial charge in [-0.05, 0) is 18.2 Å². The third-order valence-electron chi connectivity index (χ3n) is 3.47. The van der Waals surface area contributed by atoms with Gasteiger partial charge in [-0.2, -0.15) is 0 Å². The average Bonchev–Trinajstić information content (AvgIpc) is 3.10. The molecule has 0 aliphatic heterocycles. The Balaban J connectivity index is 1.85. The van der Waals surface area contributed by atoms with Crippen LogP contribution in [0.25, 0.3) is 11.0 Å². The molecule has 3 rings (SSSR count). The summed E-state index contributed by atoms with van der Waals surface area (Å²) < 4.78 is 10.2. The van der Waals surface area contributed by atoms with Gasteiger partial charge in [0.2, 0.25) is 0 Å². The highest BCUT2D eigenvalue weighted by atomic mass is 16.5. The van der Waals surface area contributed by atoms with E-state index in [1.54, 1.807) is 24.5 Å². The number of benzene rings is 1. The van der Waals surface area contributed by atoms with E-state index >= 15 is 0 Å². The van der Waals surface area contributed by atoms with E-state index in [4.69, 9.17) is 9.15 Å². The van der Waals surface area contributed by atoms with Crippen LogP contribution in [0.3, 0.4) is 0 Å². The molecule has 1 aromatic carbocycles. The molecule has 1 amide bonds. The lowest BCUT2D eigenvalue weighted by atomic mass is 10.2. The van der Waals surface area contributed by atoms with Gasteiger partial charge in [0.1, 0.15) is 5.69 Å². The molecule has 2 heterocycles. The molecular formula is C17H17N3O3. The Bertz CT molecular complexity index is 787. The Morgan fingerprint density at radius 2 is 2.09 bits per heavy atom. The highest BCUT2D eigenvalue weighted by Gasteiger charge is 2.18. The molecule has 3 aromatic rings. The number of hydrogen-bond donors (Lipinski definition) is 0. The smallest absolute Gasteiger partial charge is 0.274 e. The molecule has 0 aliphatic rings. The van der Waals surface area contributed by atoms with Crippen LogP contribution < -0.4 is 0 Å². The predicted octanol–water partition coefficient (Wildman–Crippen LogP) is 2.51. The lowest BCUT2D eigenvalue weighted by molar-refractivity contribution is 0.0674. The fourth-order valence-electron chi connectivity index (χ4n) is 2.28. The third kappa shape index (κ3) is 3.54. The van der Waals surface area contributed by atoms with Crippen LogP contribution in [0, 0.1) is 0 Å². The van der Waals surface area contributed by atoms with Gasteiger partial charge in [0.25, 0.3) is 5.91 Å². The van der Waals surface area contributed by atoms with Crippen LogP contribution in [0.5, 0.6) is 0 Å². The second-order valence-electron chi connectivity index (χ2n) is 5.10. The zero-order valence-corrected chi connectivity index (χ0v) is 12.8. The maximum atomic E-state index is 12.8. The number of carbonyl (C=O) groups excluding carboxylic acids is 1. The van der Waals surface area contributed by atoms with E-state index in [1.165, 1.54) is 6.20 Å². The van der Waals surface area contributed by atoms with Crippen molar-refractivity contribution >= 4 is 16.9 Å². The summed E-state index contributed by atoms with van der Waals surface area (Å²) in [6.45, 7) is 1.35. The topological polar surface area (TPSA) is 68.5 Å². The van der Waals surface area contributed by atoms with Crippen LogP contribution >= 0.6 is 0 Å². The summed E-state index contributed by atoms with van der Waals surface area (Å²) in [6, 6.07) is 9.31. The van der Waals surface area contributed by atoms with Crippen molar-refractivity contribution < 1.29 is 13.9 Å². The summed E-state index contributed by atoms with van der Waals surface area (Å²) in [4.78, 5) is 23.1. The molecule has 0 bridgehead atoms. The van der Waals surface area contributed by atoms with Gasteiger partial charge in [-0.25, -0.2) is 4.98 Å². The molecule has 0 radical (unpaired) electrons. The van der Waals surface area contributed by atoms with Crippen molar-refractivity contribution in [3.8, 4) is 0 Å². The zero-order valence-electron chi connectivity index (χ0n) is 12.8.